The van der Waals surface area contributed by atoms with E-state index in [4.69, 9.17) is 18.9 Å². The van der Waals surface area contributed by atoms with Crippen LogP contribution in [-0.4, -0.2) is 31.1 Å². The molecule has 0 saturated heterocycles. The van der Waals surface area contributed by atoms with Crippen molar-refractivity contribution in [3.63, 3.8) is 0 Å². The summed E-state index contributed by atoms with van der Waals surface area (Å²) in [5, 5.41) is 0. The number of methoxy groups -OCH3 is 2. The van der Waals surface area contributed by atoms with Gasteiger partial charge in [0.15, 0.2) is 0 Å². The zero-order valence-electron chi connectivity index (χ0n) is 18.7. The second-order valence-corrected chi connectivity index (χ2v) is 7.36. The summed E-state index contributed by atoms with van der Waals surface area (Å²) in [5.74, 6) is 0.732. The summed E-state index contributed by atoms with van der Waals surface area (Å²) in [6.07, 6.45) is 0. The van der Waals surface area contributed by atoms with Crippen molar-refractivity contribution in [1.29, 1.82) is 0 Å². The van der Waals surface area contributed by atoms with E-state index in [2.05, 4.69) is 4.98 Å². The van der Waals surface area contributed by atoms with Gasteiger partial charge in [-0.1, -0.05) is 30.3 Å². The molecule has 4 aromatic rings. The normalized spacial score (nSPS) is 10.4. The van der Waals surface area contributed by atoms with Crippen LogP contribution in [0.1, 0.15) is 26.4 Å². The van der Waals surface area contributed by atoms with E-state index in [-0.39, 0.29) is 6.61 Å². The maximum Gasteiger partial charge on any atom is 0.355 e. The van der Waals surface area contributed by atoms with E-state index < -0.39 is 11.9 Å². The SMILES string of the molecule is COC(=O)c1cc(Oc2ccc(OC)cc2)cc(-c2ccc(C(=O)OCc3ccccc3)[nH]2)c1. The molecule has 0 unspecified atom stereocenters. The second-order valence-electron chi connectivity index (χ2n) is 7.36. The Morgan fingerprint density at radius 1 is 0.765 bits per heavy atom. The molecule has 0 bridgehead atoms. The molecule has 1 N–H and O–H groups in total. The number of esters is 2. The lowest BCUT2D eigenvalue weighted by atomic mass is 10.1. The molecular weight excluding hydrogens is 434 g/mol. The highest BCUT2D eigenvalue weighted by Crippen LogP contribution is 2.30. The molecule has 172 valence electrons. The summed E-state index contributed by atoms with van der Waals surface area (Å²) in [7, 11) is 2.90. The van der Waals surface area contributed by atoms with Crippen LogP contribution in [0.3, 0.4) is 0 Å². The summed E-state index contributed by atoms with van der Waals surface area (Å²) in [6, 6.07) is 24.9. The lowest BCUT2D eigenvalue weighted by molar-refractivity contribution is 0.0466. The van der Waals surface area contributed by atoms with Crippen LogP contribution in [0, 0.1) is 0 Å². The van der Waals surface area contributed by atoms with Gasteiger partial charge in [0.05, 0.1) is 19.8 Å². The first-order chi connectivity index (χ1) is 16.6. The maximum absolute atomic E-state index is 12.5. The number of nitrogens with one attached hydrogen (secondary N) is 1. The van der Waals surface area contributed by atoms with Crippen LogP contribution in [0.15, 0.2) is 84.9 Å². The first-order valence-corrected chi connectivity index (χ1v) is 10.5. The van der Waals surface area contributed by atoms with E-state index in [9.17, 15) is 9.59 Å². The predicted octanol–water partition coefficient (Wildman–Crippen LogP) is 5.63. The Morgan fingerprint density at radius 2 is 1.50 bits per heavy atom. The molecule has 0 radical (unpaired) electrons. The van der Waals surface area contributed by atoms with Crippen LogP contribution >= 0.6 is 0 Å². The number of carbonyl (C=O) groups is 2. The van der Waals surface area contributed by atoms with Crippen molar-refractivity contribution in [2.45, 2.75) is 6.61 Å². The van der Waals surface area contributed by atoms with Gasteiger partial charge in [-0.2, -0.15) is 0 Å². The molecule has 0 spiro atoms. The Morgan fingerprint density at radius 3 is 2.21 bits per heavy atom. The maximum atomic E-state index is 12.5. The fraction of sp³-hybridized carbons (Fsp3) is 0.111. The Labute approximate surface area is 196 Å². The molecule has 0 atom stereocenters. The molecular formula is C27H23NO6. The van der Waals surface area contributed by atoms with Gasteiger partial charge >= 0.3 is 11.9 Å². The molecule has 0 aliphatic heterocycles. The van der Waals surface area contributed by atoms with E-state index in [1.807, 2.05) is 30.3 Å². The third-order valence-electron chi connectivity index (χ3n) is 5.05. The van der Waals surface area contributed by atoms with Crippen molar-refractivity contribution >= 4 is 11.9 Å². The molecule has 3 aromatic carbocycles. The van der Waals surface area contributed by atoms with Crippen LogP contribution in [-0.2, 0) is 16.1 Å². The van der Waals surface area contributed by atoms with E-state index in [0.717, 1.165) is 5.56 Å². The minimum Gasteiger partial charge on any atom is -0.497 e. The zero-order chi connectivity index (χ0) is 23.9. The Kier molecular flexibility index (Phi) is 6.93. The molecule has 0 saturated carbocycles. The summed E-state index contributed by atoms with van der Waals surface area (Å²) in [6.45, 7) is 0.172. The lowest BCUT2D eigenvalue weighted by Gasteiger charge is -2.10. The largest absolute Gasteiger partial charge is 0.497 e. The van der Waals surface area contributed by atoms with Gasteiger partial charge in [-0.05, 0) is 60.2 Å². The molecule has 7 heteroatoms. The molecule has 34 heavy (non-hydrogen) atoms. The number of carbonyl (C=O) groups excluding carboxylic acids is 2. The van der Waals surface area contributed by atoms with Crippen molar-refractivity contribution in [3.8, 4) is 28.5 Å². The summed E-state index contributed by atoms with van der Waals surface area (Å²) < 4.78 is 21.4. The predicted molar refractivity (Wildman–Crippen MR) is 126 cm³/mol. The van der Waals surface area contributed by atoms with Gasteiger partial charge in [0.1, 0.15) is 29.5 Å². The molecule has 1 heterocycles. The number of hydrogen-bond acceptors (Lipinski definition) is 6. The van der Waals surface area contributed by atoms with Crippen LogP contribution in [0.5, 0.6) is 17.2 Å². The number of rotatable bonds is 8. The average molecular weight is 457 g/mol. The number of hydrogen-bond donors (Lipinski definition) is 1. The van der Waals surface area contributed by atoms with Crippen LogP contribution in [0.4, 0.5) is 0 Å². The lowest BCUT2D eigenvalue weighted by Crippen LogP contribution is -2.05. The van der Waals surface area contributed by atoms with Crippen molar-refractivity contribution in [3.05, 3.63) is 102 Å². The van der Waals surface area contributed by atoms with Crippen molar-refractivity contribution < 1.29 is 28.5 Å². The Balaban J connectivity index is 1.56. The topological polar surface area (TPSA) is 86.8 Å². The number of benzene rings is 3. The fourth-order valence-corrected chi connectivity index (χ4v) is 3.31. The molecule has 0 aliphatic carbocycles. The average Bonchev–Trinajstić information content (AvgIpc) is 3.38. The van der Waals surface area contributed by atoms with Crippen molar-refractivity contribution in [2.75, 3.05) is 14.2 Å². The first-order valence-electron chi connectivity index (χ1n) is 10.5. The fourth-order valence-electron chi connectivity index (χ4n) is 3.31. The molecule has 0 fully saturated rings. The van der Waals surface area contributed by atoms with Crippen molar-refractivity contribution in [1.82, 2.24) is 4.98 Å². The number of aromatic nitrogens is 1. The Bertz CT molecular complexity index is 1280. The molecule has 7 nitrogen and oxygen atoms in total. The third-order valence-corrected chi connectivity index (χ3v) is 5.05. The van der Waals surface area contributed by atoms with Crippen LogP contribution in [0.2, 0.25) is 0 Å². The number of ether oxygens (including phenoxy) is 4. The monoisotopic (exact) mass is 457 g/mol. The highest BCUT2D eigenvalue weighted by molar-refractivity contribution is 5.92. The summed E-state index contributed by atoms with van der Waals surface area (Å²) >= 11 is 0. The highest BCUT2D eigenvalue weighted by Gasteiger charge is 2.15. The van der Waals surface area contributed by atoms with E-state index in [1.165, 1.54) is 7.11 Å². The third kappa shape index (κ3) is 5.45. The van der Waals surface area contributed by atoms with E-state index in [1.54, 1.807) is 61.7 Å². The van der Waals surface area contributed by atoms with Crippen LogP contribution in [0.25, 0.3) is 11.3 Å². The number of aromatic amines is 1. The summed E-state index contributed by atoms with van der Waals surface area (Å²) in [5.41, 5.74) is 2.78. The van der Waals surface area contributed by atoms with Gasteiger partial charge in [0, 0.05) is 11.3 Å². The van der Waals surface area contributed by atoms with Gasteiger partial charge in [0.2, 0.25) is 0 Å². The van der Waals surface area contributed by atoms with E-state index in [0.29, 0.717) is 39.8 Å². The molecule has 1 aromatic heterocycles. The van der Waals surface area contributed by atoms with Crippen molar-refractivity contribution in [2.24, 2.45) is 0 Å². The van der Waals surface area contributed by atoms with Gasteiger partial charge < -0.3 is 23.9 Å². The van der Waals surface area contributed by atoms with Gasteiger partial charge in [0.25, 0.3) is 0 Å². The molecule has 0 aliphatic rings. The number of H-pyrrole nitrogens is 1. The minimum atomic E-state index is -0.504. The van der Waals surface area contributed by atoms with Gasteiger partial charge in [-0.3, -0.25) is 0 Å². The first kappa shape index (κ1) is 22.7. The highest BCUT2D eigenvalue weighted by atomic mass is 16.5. The molecule has 0 amide bonds. The second kappa shape index (κ2) is 10.4. The van der Waals surface area contributed by atoms with Gasteiger partial charge in [-0.15, -0.1) is 0 Å². The molecule has 4 rings (SSSR count). The standard InChI is InChI=1S/C27H23NO6/c1-31-21-8-10-22(11-9-21)34-23-15-19(14-20(16-23)26(29)32-2)24-12-13-25(28-24)27(30)33-17-18-6-4-3-5-7-18/h3-16,28H,17H2,1-2H3. The quantitative estimate of drug-likeness (QED) is 0.345. The Hall–Kier alpha value is -4.52. The smallest absolute Gasteiger partial charge is 0.355 e. The zero-order valence-corrected chi connectivity index (χ0v) is 18.7. The van der Waals surface area contributed by atoms with E-state index >= 15 is 0 Å². The summed E-state index contributed by atoms with van der Waals surface area (Å²) in [4.78, 5) is 27.8. The minimum absolute atomic E-state index is 0.172. The van der Waals surface area contributed by atoms with Gasteiger partial charge in [-0.25, -0.2) is 9.59 Å². The van der Waals surface area contributed by atoms with Crippen LogP contribution < -0.4 is 9.47 Å².